The Balaban J connectivity index is 1.43. The molecule has 1 aromatic carbocycles. The van der Waals surface area contributed by atoms with Crippen molar-refractivity contribution in [1.82, 2.24) is 10.6 Å². The van der Waals surface area contributed by atoms with E-state index in [2.05, 4.69) is 34.6 Å². The van der Waals surface area contributed by atoms with Crippen LogP contribution in [0, 0.1) is 5.92 Å². The number of hydrogen-bond acceptors (Lipinski definition) is 5. The lowest BCUT2D eigenvalue weighted by atomic mass is 10.0. The maximum Gasteiger partial charge on any atom is 0.191 e. The van der Waals surface area contributed by atoms with Crippen LogP contribution in [0.5, 0.6) is 11.5 Å². The fourth-order valence-electron chi connectivity index (χ4n) is 3.66. The minimum atomic E-state index is 0.428. The van der Waals surface area contributed by atoms with Crippen molar-refractivity contribution in [3.05, 3.63) is 18.2 Å². The molecule has 1 aromatic rings. The monoisotopic (exact) mass is 418 g/mol. The summed E-state index contributed by atoms with van der Waals surface area (Å²) in [5.74, 6) is 3.40. The smallest absolute Gasteiger partial charge is 0.191 e. The molecule has 2 aliphatic rings. The van der Waals surface area contributed by atoms with Crippen LogP contribution in [-0.2, 0) is 4.74 Å². The molecule has 7 nitrogen and oxygen atoms in total. The van der Waals surface area contributed by atoms with Gasteiger partial charge in [-0.25, -0.2) is 0 Å². The number of benzene rings is 1. The number of piperidine rings is 1. The van der Waals surface area contributed by atoms with Gasteiger partial charge in [-0.05, 0) is 44.9 Å². The van der Waals surface area contributed by atoms with E-state index >= 15 is 0 Å². The molecule has 2 fully saturated rings. The van der Waals surface area contributed by atoms with E-state index in [1.165, 1.54) is 12.8 Å². The van der Waals surface area contributed by atoms with Crippen LogP contribution >= 0.6 is 0 Å². The van der Waals surface area contributed by atoms with Crippen molar-refractivity contribution in [3.8, 4) is 11.5 Å². The second-order valence-corrected chi connectivity index (χ2v) is 8.11. The summed E-state index contributed by atoms with van der Waals surface area (Å²) >= 11 is 0. The first-order valence-corrected chi connectivity index (χ1v) is 11.3. The summed E-state index contributed by atoms with van der Waals surface area (Å²) in [6.07, 6.45) is 5.79. The Bertz CT molecular complexity index is 648. The molecule has 1 saturated heterocycles. The van der Waals surface area contributed by atoms with Crippen LogP contribution in [0.4, 0.5) is 5.69 Å². The number of nitrogens with zero attached hydrogens (tertiary/aromatic N) is 2. The van der Waals surface area contributed by atoms with Crippen molar-refractivity contribution >= 4 is 11.6 Å². The highest BCUT2D eigenvalue weighted by molar-refractivity contribution is 5.80. The summed E-state index contributed by atoms with van der Waals surface area (Å²) in [4.78, 5) is 7.12. The van der Waals surface area contributed by atoms with E-state index in [1.807, 2.05) is 6.07 Å². The van der Waals surface area contributed by atoms with Crippen molar-refractivity contribution in [3.63, 3.8) is 0 Å². The number of aliphatic imine (C=N–C) groups is 1. The van der Waals surface area contributed by atoms with Gasteiger partial charge in [-0.3, -0.25) is 4.99 Å². The van der Waals surface area contributed by atoms with E-state index in [4.69, 9.17) is 19.2 Å². The Morgan fingerprint density at radius 1 is 1.07 bits per heavy atom. The summed E-state index contributed by atoms with van der Waals surface area (Å²) in [6, 6.07) is 6.49. The van der Waals surface area contributed by atoms with Crippen LogP contribution in [0.25, 0.3) is 0 Å². The zero-order valence-electron chi connectivity index (χ0n) is 18.8. The Kier molecular flexibility index (Phi) is 8.93. The van der Waals surface area contributed by atoms with Crippen LogP contribution in [-0.4, -0.2) is 65.6 Å². The Hall–Kier alpha value is -2.15. The average Bonchev–Trinajstić information content (AvgIpc) is 3.60. The predicted octanol–water partition coefficient (Wildman–Crippen LogP) is 3.04. The molecule has 168 valence electrons. The highest BCUT2D eigenvalue weighted by Crippen LogP contribution is 2.30. The van der Waals surface area contributed by atoms with Crippen molar-refractivity contribution in [1.29, 1.82) is 0 Å². The maximum absolute atomic E-state index is 5.70. The van der Waals surface area contributed by atoms with Crippen LogP contribution in [0.2, 0.25) is 0 Å². The second kappa shape index (κ2) is 11.9. The zero-order chi connectivity index (χ0) is 21.2. The molecule has 1 aliphatic carbocycles. The van der Waals surface area contributed by atoms with Crippen molar-refractivity contribution in [2.24, 2.45) is 10.9 Å². The van der Waals surface area contributed by atoms with E-state index in [0.29, 0.717) is 6.04 Å². The molecule has 1 saturated carbocycles. The SMILES string of the molecule is CCNC(=NCCCOCC1CC1)NC1CCN(c2cc(OC)cc(OC)c2)CC1. The molecule has 0 amide bonds. The van der Waals surface area contributed by atoms with E-state index in [1.54, 1.807) is 14.2 Å². The van der Waals surface area contributed by atoms with Gasteiger partial charge in [0.15, 0.2) is 5.96 Å². The van der Waals surface area contributed by atoms with Crippen molar-refractivity contribution in [2.45, 2.75) is 45.1 Å². The molecule has 30 heavy (non-hydrogen) atoms. The molecule has 0 unspecified atom stereocenters. The summed E-state index contributed by atoms with van der Waals surface area (Å²) in [7, 11) is 3.38. The number of guanidine groups is 1. The van der Waals surface area contributed by atoms with Gasteiger partial charge in [0, 0.05) is 69.3 Å². The van der Waals surface area contributed by atoms with Gasteiger partial charge in [-0.1, -0.05) is 0 Å². The molecule has 0 radical (unpaired) electrons. The first-order chi connectivity index (χ1) is 14.7. The van der Waals surface area contributed by atoms with Crippen molar-refractivity contribution < 1.29 is 14.2 Å². The largest absolute Gasteiger partial charge is 0.497 e. The minimum absolute atomic E-state index is 0.428. The lowest BCUT2D eigenvalue weighted by Crippen LogP contribution is -2.48. The molecule has 7 heteroatoms. The van der Waals surface area contributed by atoms with Crippen LogP contribution < -0.4 is 25.0 Å². The van der Waals surface area contributed by atoms with Gasteiger partial charge in [0.1, 0.15) is 11.5 Å². The van der Waals surface area contributed by atoms with Gasteiger partial charge in [-0.15, -0.1) is 0 Å². The molecule has 3 rings (SSSR count). The highest BCUT2D eigenvalue weighted by atomic mass is 16.5. The molecule has 1 heterocycles. The number of rotatable bonds is 11. The van der Waals surface area contributed by atoms with Gasteiger partial charge in [0.25, 0.3) is 0 Å². The lowest BCUT2D eigenvalue weighted by molar-refractivity contribution is 0.123. The summed E-state index contributed by atoms with van der Waals surface area (Å²) < 4.78 is 16.5. The Morgan fingerprint density at radius 2 is 1.77 bits per heavy atom. The number of nitrogens with one attached hydrogen (secondary N) is 2. The fourth-order valence-corrected chi connectivity index (χ4v) is 3.66. The number of hydrogen-bond donors (Lipinski definition) is 2. The average molecular weight is 419 g/mol. The van der Waals surface area contributed by atoms with Crippen LogP contribution in [0.1, 0.15) is 39.0 Å². The molecule has 1 aliphatic heterocycles. The quantitative estimate of drug-likeness (QED) is 0.327. The van der Waals surface area contributed by atoms with Gasteiger partial charge in [0.05, 0.1) is 14.2 Å². The molecule has 0 atom stereocenters. The van der Waals surface area contributed by atoms with Crippen LogP contribution in [0.3, 0.4) is 0 Å². The number of ether oxygens (including phenoxy) is 3. The van der Waals surface area contributed by atoms with Gasteiger partial charge >= 0.3 is 0 Å². The second-order valence-electron chi connectivity index (χ2n) is 8.11. The third-order valence-electron chi connectivity index (χ3n) is 5.65. The number of methoxy groups -OCH3 is 2. The third kappa shape index (κ3) is 7.27. The summed E-state index contributed by atoms with van der Waals surface area (Å²) in [5.41, 5.74) is 1.15. The topological polar surface area (TPSA) is 67.4 Å². The normalized spacial score (nSPS) is 17.7. The standard InChI is InChI=1S/C23H38N4O3/c1-4-24-23(25-10-5-13-30-17-18-6-7-18)26-19-8-11-27(12-9-19)20-14-21(28-2)16-22(15-20)29-3/h14-16,18-19H,4-13,17H2,1-3H3,(H2,24,25,26). The van der Waals surface area contributed by atoms with Gasteiger partial charge in [0.2, 0.25) is 0 Å². The summed E-state index contributed by atoms with van der Waals surface area (Å²) in [6.45, 7) is 7.48. The Morgan fingerprint density at radius 3 is 2.37 bits per heavy atom. The number of anilines is 1. The molecule has 0 spiro atoms. The van der Waals surface area contributed by atoms with Crippen molar-refractivity contribution in [2.75, 3.05) is 58.5 Å². The van der Waals surface area contributed by atoms with E-state index < -0.39 is 0 Å². The minimum Gasteiger partial charge on any atom is -0.497 e. The lowest BCUT2D eigenvalue weighted by Gasteiger charge is -2.34. The Labute approximate surface area is 181 Å². The van der Waals surface area contributed by atoms with Gasteiger partial charge in [-0.2, -0.15) is 0 Å². The first kappa shape index (κ1) is 22.5. The first-order valence-electron chi connectivity index (χ1n) is 11.3. The highest BCUT2D eigenvalue weighted by Gasteiger charge is 2.22. The molecular weight excluding hydrogens is 380 g/mol. The molecule has 0 aromatic heterocycles. The maximum atomic E-state index is 5.70. The van der Waals surface area contributed by atoms with Crippen LogP contribution in [0.15, 0.2) is 23.2 Å². The van der Waals surface area contributed by atoms with Gasteiger partial charge < -0.3 is 29.7 Å². The van der Waals surface area contributed by atoms with E-state index in [-0.39, 0.29) is 0 Å². The molecular formula is C23H38N4O3. The molecule has 0 bridgehead atoms. The fraction of sp³-hybridized carbons (Fsp3) is 0.696. The zero-order valence-corrected chi connectivity index (χ0v) is 18.8. The third-order valence-corrected chi connectivity index (χ3v) is 5.65. The summed E-state index contributed by atoms with van der Waals surface area (Å²) in [5, 5.41) is 6.99. The molecule has 2 N–H and O–H groups in total. The predicted molar refractivity (Wildman–Crippen MR) is 122 cm³/mol. The van der Waals surface area contributed by atoms with E-state index in [0.717, 1.165) is 87.7 Å². The van der Waals surface area contributed by atoms with E-state index in [9.17, 15) is 0 Å².